The van der Waals surface area contributed by atoms with Crippen molar-refractivity contribution in [3.05, 3.63) is 59.9 Å². The van der Waals surface area contributed by atoms with E-state index in [1.165, 1.54) is 17.0 Å². The van der Waals surface area contributed by atoms with Crippen molar-refractivity contribution < 1.29 is 14.3 Å². The van der Waals surface area contributed by atoms with Crippen LogP contribution in [0.3, 0.4) is 0 Å². The standard InChI is InChI=1S/C15H14FNO2/c1-17(13-7-5-12(16)6-8-13)15(19)10-11-3-2-4-14(18)9-11/h2-9,18H,10H2,1H3. The van der Waals surface area contributed by atoms with Crippen LogP contribution in [0.25, 0.3) is 0 Å². The van der Waals surface area contributed by atoms with E-state index in [2.05, 4.69) is 0 Å². The lowest BCUT2D eigenvalue weighted by Crippen LogP contribution is -2.27. The summed E-state index contributed by atoms with van der Waals surface area (Å²) in [5.74, 6) is -0.329. The molecule has 2 aromatic rings. The van der Waals surface area contributed by atoms with Crippen LogP contribution in [-0.2, 0) is 11.2 Å². The van der Waals surface area contributed by atoms with E-state index in [1.807, 2.05) is 0 Å². The van der Waals surface area contributed by atoms with Crippen molar-refractivity contribution in [1.29, 1.82) is 0 Å². The minimum absolute atomic E-state index is 0.128. The van der Waals surface area contributed by atoms with Crippen molar-refractivity contribution in [1.82, 2.24) is 0 Å². The second-order valence-corrected chi connectivity index (χ2v) is 4.28. The van der Waals surface area contributed by atoms with Gasteiger partial charge in [-0.05, 0) is 42.0 Å². The minimum atomic E-state index is -0.336. The number of benzene rings is 2. The van der Waals surface area contributed by atoms with Gasteiger partial charge < -0.3 is 10.0 Å². The quantitative estimate of drug-likeness (QED) is 0.920. The van der Waals surface area contributed by atoms with Crippen LogP contribution in [0.2, 0.25) is 0 Å². The monoisotopic (exact) mass is 259 g/mol. The molecule has 1 amide bonds. The fourth-order valence-electron chi connectivity index (χ4n) is 1.77. The van der Waals surface area contributed by atoms with E-state index in [1.54, 1.807) is 43.4 Å². The molecule has 0 unspecified atom stereocenters. The summed E-state index contributed by atoms with van der Waals surface area (Å²) in [6, 6.07) is 12.3. The van der Waals surface area contributed by atoms with Crippen molar-refractivity contribution in [2.24, 2.45) is 0 Å². The van der Waals surface area contributed by atoms with Gasteiger partial charge in [-0.3, -0.25) is 4.79 Å². The fourth-order valence-corrected chi connectivity index (χ4v) is 1.77. The Morgan fingerprint density at radius 3 is 2.53 bits per heavy atom. The van der Waals surface area contributed by atoms with Gasteiger partial charge in [-0.1, -0.05) is 12.1 Å². The van der Waals surface area contributed by atoms with Crippen molar-refractivity contribution in [2.75, 3.05) is 11.9 Å². The molecule has 0 aliphatic rings. The van der Waals surface area contributed by atoms with Crippen molar-refractivity contribution >= 4 is 11.6 Å². The molecule has 0 aliphatic carbocycles. The second-order valence-electron chi connectivity index (χ2n) is 4.28. The maximum Gasteiger partial charge on any atom is 0.231 e. The zero-order valence-corrected chi connectivity index (χ0v) is 10.5. The molecule has 0 heterocycles. The summed E-state index contributed by atoms with van der Waals surface area (Å²) >= 11 is 0. The van der Waals surface area contributed by atoms with Crippen LogP contribution in [0, 0.1) is 5.82 Å². The second kappa shape index (κ2) is 5.52. The van der Waals surface area contributed by atoms with Crippen LogP contribution in [0.4, 0.5) is 10.1 Å². The average molecular weight is 259 g/mol. The molecule has 2 aromatic carbocycles. The number of phenols is 1. The zero-order valence-electron chi connectivity index (χ0n) is 10.5. The highest BCUT2D eigenvalue weighted by Gasteiger charge is 2.11. The van der Waals surface area contributed by atoms with Crippen molar-refractivity contribution in [2.45, 2.75) is 6.42 Å². The number of nitrogens with zero attached hydrogens (tertiary/aromatic N) is 1. The lowest BCUT2D eigenvalue weighted by atomic mass is 10.1. The summed E-state index contributed by atoms with van der Waals surface area (Å²) in [6.45, 7) is 0. The highest BCUT2D eigenvalue weighted by molar-refractivity contribution is 5.94. The van der Waals surface area contributed by atoms with Crippen molar-refractivity contribution in [3.8, 4) is 5.75 Å². The Balaban J connectivity index is 2.09. The predicted octanol–water partition coefficient (Wildman–Crippen LogP) is 2.74. The highest BCUT2D eigenvalue weighted by Crippen LogP contribution is 2.16. The largest absolute Gasteiger partial charge is 0.508 e. The summed E-state index contributed by atoms with van der Waals surface area (Å²) in [6.07, 6.45) is 0.183. The van der Waals surface area contributed by atoms with E-state index < -0.39 is 0 Å². The van der Waals surface area contributed by atoms with Crippen LogP contribution in [-0.4, -0.2) is 18.1 Å². The Morgan fingerprint density at radius 1 is 1.21 bits per heavy atom. The van der Waals surface area contributed by atoms with Gasteiger partial charge >= 0.3 is 0 Å². The maximum atomic E-state index is 12.8. The molecule has 4 heteroatoms. The first kappa shape index (κ1) is 13.1. The van der Waals surface area contributed by atoms with Gasteiger partial charge in [-0.25, -0.2) is 4.39 Å². The number of phenolic OH excluding ortho intramolecular Hbond substituents is 1. The molecular formula is C15H14FNO2. The van der Waals surface area contributed by atoms with Gasteiger partial charge in [0.15, 0.2) is 0 Å². The van der Waals surface area contributed by atoms with E-state index in [0.29, 0.717) is 5.69 Å². The van der Waals surface area contributed by atoms with Crippen molar-refractivity contribution in [3.63, 3.8) is 0 Å². The zero-order chi connectivity index (χ0) is 13.8. The van der Waals surface area contributed by atoms with Gasteiger partial charge in [-0.15, -0.1) is 0 Å². The number of aromatic hydroxyl groups is 1. The molecule has 3 nitrogen and oxygen atoms in total. The number of hydrogen-bond donors (Lipinski definition) is 1. The molecule has 0 saturated heterocycles. The molecular weight excluding hydrogens is 245 g/mol. The molecule has 0 fully saturated rings. The van der Waals surface area contributed by atoms with Gasteiger partial charge in [0, 0.05) is 12.7 Å². The Morgan fingerprint density at radius 2 is 1.89 bits per heavy atom. The van der Waals surface area contributed by atoms with Gasteiger partial charge in [0.1, 0.15) is 11.6 Å². The fraction of sp³-hybridized carbons (Fsp3) is 0.133. The number of likely N-dealkylation sites (N-methyl/N-ethyl adjacent to an activating group) is 1. The SMILES string of the molecule is CN(C(=O)Cc1cccc(O)c1)c1ccc(F)cc1. The Bertz CT molecular complexity index is 581. The number of halogens is 1. The number of carbonyl (C=O) groups excluding carboxylic acids is 1. The summed E-state index contributed by atoms with van der Waals surface area (Å²) in [5, 5.41) is 9.35. The van der Waals surface area contributed by atoms with E-state index >= 15 is 0 Å². The number of carbonyl (C=O) groups is 1. The number of anilines is 1. The highest BCUT2D eigenvalue weighted by atomic mass is 19.1. The predicted molar refractivity (Wildman–Crippen MR) is 71.6 cm³/mol. The smallest absolute Gasteiger partial charge is 0.231 e. The molecule has 2 rings (SSSR count). The molecule has 1 N–H and O–H groups in total. The third-order valence-electron chi connectivity index (χ3n) is 2.85. The van der Waals surface area contributed by atoms with Crippen LogP contribution in [0.15, 0.2) is 48.5 Å². The molecule has 98 valence electrons. The molecule has 0 radical (unpaired) electrons. The summed E-state index contributed by atoms with van der Waals surface area (Å²) in [7, 11) is 1.64. The first-order chi connectivity index (χ1) is 9.06. The van der Waals surface area contributed by atoms with Crippen LogP contribution in [0.1, 0.15) is 5.56 Å². The first-order valence-electron chi connectivity index (χ1n) is 5.86. The Kier molecular flexibility index (Phi) is 3.80. The van der Waals surface area contributed by atoms with E-state index in [4.69, 9.17) is 0 Å². The minimum Gasteiger partial charge on any atom is -0.508 e. The molecule has 0 bridgehead atoms. The van der Waals surface area contributed by atoms with Crippen LogP contribution >= 0.6 is 0 Å². The normalized spacial score (nSPS) is 10.2. The summed E-state index contributed by atoms with van der Waals surface area (Å²) < 4.78 is 12.8. The van der Waals surface area contributed by atoms with Crippen LogP contribution in [0.5, 0.6) is 5.75 Å². The molecule has 0 atom stereocenters. The Hall–Kier alpha value is -2.36. The van der Waals surface area contributed by atoms with Gasteiger partial charge in [0.05, 0.1) is 6.42 Å². The average Bonchev–Trinajstić information content (AvgIpc) is 2.39. The molecule has 19 heavy (non-hydrogen) atoms. The number of rotatable bonds is 3. The topological polar surface area (TPSA) is 40.5 Å². The number of amides is 1. The van der Waals surface area contributed by atoms with E-state index in [0.717, 1.165) is 5.56 Å². The Labute approximate surface area is 110 Å². The van der Waals surface area contributed by atoms with Gasteiger partial charge in [-0.2, -0.15) is 0 Å². The summed E-state index contributed by atoms with van der Waals surface area (Å²) in [4.78, 5) is 13.5. The van der Waals surface area contributed by atoms with Gasteiger partial charge in [0.25, 0.3) is 0 Å². The van der Waals surface area contributed by atoms with Crippen LogP contribution < -0.4 is 4.90 Å². The van der Waals surface area contributed by atoms with E-state index in [9.17, 15) is 14.3 Å². The third-order valence-corrected chi connectivity index (χ3v) is 2.85. The van der Waals surface area contributed by atoms with Gasteiger partial charge in [0.2, 0.25) is 5.91 Å². The lowest BCUT2D eigenvalue weighted by molar-refractivity contribution is -0.117. The maximum absolute atomic E-state index is 12.8. The lowest BCUT2D eigenvalue weighted by Gasteiger charge is -2.17. The molecule has 0 aromatic heterocycles. The molecule has 0 spiro atoms. The number of hydrogen-bond acceptors (Lipinski definition) is 2. The molecule has 0 saturated carbocycles. The van der Waals surface area contributed by atoms with E-state index in [-0.39, 0.29) is 23.9 Å². The third kappa shape index (κ3) is 3.31. The first-order valence-corrected chi connectivity index (χ1v) is 5.86. The molecule has 0 aliphatic heterocycles. The summed E-state index contributed by atoms with van der Waals surface area (Å²) in [5.41, 5.74) is 1.37.